The number of carbonyl (C=O) groups excluding carboxylic acids is 2. The molecule has 2 aromatic carbocycles. The van der Waals surface area contributed by atoms with E-state index in [1.165, 1.54) is 12.5 Å². The van der Waals surface area contributed by atoms with Gasteiger partial charge in [-0.25, -0.2) is 8.42 Å². The fourth-order valence-electron chi connectivity index (χ4n) is 4.81. The first kappa shape index (κ1) is 21.9. The van der Waals surface area contributed by atoms with Crippen LogP contribution >= 0.6 is 0 Å². The smallest absolute Gasteiger partial charge is 0.261 e. The molecule has 0 atom stereocenters. The van der Waals surface area contributed by atoms with E-state index in [9.17, 15) is 18.0 Å². The van der Waals surface area contributed by atoms with Crippen molar-refractivity contribution in [2.45, 2.75) is 62.3 Å². The molecule has 2 aromatic rings. The van der Waals surface area contributed by atoms with Gasteiger partial charge >= 0.3 is 0 Å². The highest BCUT2D eigenvalue weighted by Crippen LogP contribution is 2.37. The van der Waals surface area contributed by atoms with Crippen molar-refractivity contribution in [2.24, 2.45) is 5.92 Å². The third kappa shape index (κ3) is 4.62. The number of hydrogen-bond acceptors (Lipinski definition) is 4. The molecule has 2 saturated carbocycles. The van der Waals surface area contributed by atoms with Gasteiger partial charge in [0.15, 0.2) is 0 Å². The van der Waals surface area contributed by atoms with Gasteiger partial charge < -0.3 is 10.2 Å². The quantitative estimate of drug-likeness (QED) is 0.675. The molecule has 174 valence electrons. The highest BCUT2D eigenvalue weighted by molar-refractivity contribution is 7.92. The van der Waals surface area contributed by atoms with E-state index in [-0.39, 0.29) is 34.4 Å². The summed E-state index contributed by atoms with van der Waals surface area (Å²) in [5, 5.41) is 3.05. The lowest BCUT2D eigenvalue weighted by Crippen LogP contribution is -2.36. The summed E-state index contributed by atoms with van der Waals surface area (Å²) in [5.74, 6) is 0.000977. The van der Waals surface area contributed by atoms with Crippen molar-refractivity contribution in [1.29, 1.82) is 0 Å². The molecular weight excluding hydrogens is 438 g/mol. The van der Waals surface area contributed by atoms with Crippen LogP contribution in [0.4, 0.5) is 11.4 Å². The minimum absolute atomic E-state index is 0.122. The van der Waals surface area contributed by atoms with Gasteiger partial charge in [-0.05, 0) is 68.0 Å². The lowest BCUT2D eigenvalue weighted by molar-refractivity contribution is -0.119. The maximum atomic E-state index is 13.2. The topological polar surface area (TPSA) is 95.6 Å². The molecule has 0 aromatic heterocycles. The van der Waals surface area contributed by atoms with Gasteiger partial charge in [0.1, 0.15) is 0 Å². The third-order valence-electron chi connectivity index (χ3n) is 6.81. The first-order valence-electron chi connectivity index (χ1n) is 11.8. The Balaban J connectivity index is 1.34. The second-order valence-corrected chi connectivity index (χ2v) is 10.9. The molecular formula is C25H29N3O4S. The molecule has 3 aliphatic rings. The van der Waals surface area contributed by atoms with Crippen LogP contribution in [0.25, 0.3) is 0 Å². The lowest BCUT2D eigenvalue weighted by atomic mass is 9.95. The van der Waals surface area contributed by atoms with E-state index < -0.39 is 10.0 Å². The zero-order valence-corrected chi connectivity index (χ0v) is 19.4. The number of rotatable bonds is 6. The fraction of sp³-hybridized carbons (Fsp3) is 0.440. The molecule has 0 spiro atoms. The van der Waals surface area contributed by atoms with Crippen LogP contribution in [0.1, 0.15) is 60.9 Å². The van der Waals surface area contributed by atoms with E-state index >= 15 is 0 Å². The van der Waals surface area contributed by atoms with Crippen molar-refractivity contribution in [2.75, 3.05) is 16.2 Å². The van der Waals surface area contributed by atoms with Gasteiger partial charge in [0.2, 0.25) is 5.91 Å². The Kier molecular flexibility index (Phi) is 5.86. The highest BCUT2D eigenvalue weighted by atomic mass is 32.2. The zero-order valence-electron chi connectivity index (χ0n) is 18.5. The number of amides is 2. The predicted molar refractivity (Wildman–Crippen MR) is 127 cm³/mol. The minimum Gasteiger partial charge on any atom is -0.349 e. The zero-order chi connectivity index (χ0) is 23.0. The first-order valence-corrected chi connectivity index (χ1v) is 13.3. The number of nitrogens with one attached hydrogen (secondary N) is 2. The van der Waals surface area contributed by atoms with Gasteiger partial charge in [-0.2, -0.15) is 0 Å². The van der Waals surface area contributed by atoms with Gasteiger partial charge in [0, 0.05) is 24.2 Å². The summed E-state index contributed by atoms with van der Waals surface area (Å²) in [7, 11) is -3.90. The molecule has 2 aliphatic carbocycles. The van der Waals surface area contributed by atoms with Crippen LogP contribution in [0.15, 0.2) is 47.4 Å². The molecule has 5 rings (SSSR count). The maximum Gasteiger partial charge on any atom is 0.261 e. The van der Waals surface area contributed by atoms with Crippen molar-refractivity contribution in [1.82, 2.24) is 5.32 Å². The fourth-order valence-corrected chi connectivity index (χ4v) is 5.94. The van der Waals surface area contributed by atoms with E-state index in [4.69, 9.17) is 0 Å². The second kappa shape index (κ2) is 8.82. The normalized spacial score (nSPS) is 18.6. The van der Waals surface area contributed by atoms with Gasteiger partial charge in [-0.1, -0.05) is 31.4 Å². The number of carbonyl (C=O) groups is 2. The molecule has 7 nitrogen and oxygen atoms in total. The van der Waals surface area contributed by atoms with E-state index in [2.05, 4.69) is 10.0 Å². The molecule has 0 bridgehead atoms. The summed E-state index contributed by atoms with van der Waals surface area (Å²) >= 11 is 0. The molecule has 0 radical (unpaired) electrons. The number of sulfonamides is 1. The van der Waals surface area contributed by atoms with Crippen molar-refractivity contribution in [3.63, 3.8) is 0 Å². The van der Waals surface area contributed by atoms with Crippen LogP contribution in [-0.4, -0.2) is 32.8 Å². The average Bonchev–Trinajstić information content (AvgIpc) is 3.58. The number of hydrogen-bond donors (Lipinski definition) is 2. The SMILES string of the molecule is O=C(NC1CCCCC1)c1ccccc1NS(=O)(=O)c1ccc2c(c1)CCN2C(=O)C1CC1. The van der Waals surface area contributed by atoms with Crippen LogP contribution in [0.3, 0.4) is 0 Å². The van der Waals surface area contributed by atoms with E-state index in [0.717, 1.165) is 49.8 Å². The van der Waals surface area contributed by atoms with Gasteiger partial charge in [-0.3, -0.25) is 14.3 Å². The molecule has 8 heteroatoms. The summed E-state index contributed by atoms with van der Waals surface area (Å²) in [6.45, 7) is 0.589. The molecule has 2 fully saturated rings. The summed E-state index contributed by atoms with van der Waals surface area (Å²) < 4.78 is 29.0. The Morgan fingerprint density at radius 2 is 1.70 bits per heavy atom. The number of nitrogens with zero attached hydrogens (tertiary/aromatic N) is 1. The Morgan fingerprint density at radius 3 is 2.45 bits per heavy atom. The van der Waals surface area contributed by atoms with Gasteiger partial charge in [0.05, 0.1) is 16.1 Å². The van der Waals surface area contributed by atoms with E-state index in [0.29, 0.717) is 18.5 Å². The van der Waals surface area contributed by atoms with Crippen molar-refractivity contribution in [3.8, 4) is 0 Å². The molecule has 1 aliphatic heterocycles. The second-order valence-electron chi connectivity index (χ2n) is 9.26. The Morgan fingerprint density at radius 1 is 0.939 bits per heavy atom. The van der Waals surface area contributed by atoms with Crippen LogP contribution in [0, 0.1) is 5.92 Å². The maximum absolute atomic E-state index is 13.2. The number of para-hydroxylation sites is 1. The molecule has 0 unspecified atom stereocenters. The van der Waals surface area contributed by atoms with Gasteiger partial charge in [0.25, 0.3) is 15.9 Å². The Bertz CT molecular complexity index is 1180. The molecule has 0 saturated heterocycles. The summed E-state index contributed by atoms with van der Waals surface area (Å²) in [6.07, 6.45) is 7.81. The first-order chi connectivity index (χ1) is 15.9. The number of fused-ring (bicyclic) bond motifs is 1. The Hall–Kier alpha value is -2.87. The standard InChI is InChI=1S/C25H29N3O4S/c29-24(26-19-6-2-1-3-7-19)21-8-4-5-9-22(21)27-33(31,32)20-12-13-23-18(16-20)14-15-28(23)25(30)17-10-11-17/h4-5,8-9,12-13,16-17,19,27H,1-3,6-7,10-11,14-15H2,(H,26,29). The van der Waals surface area contributed by atoms with Crippen molar-refractivity contribution in [3.05, 3.63) is 53.6 Å². The monoisotopic (exact) mass is 467 g/mol. The van der Waals surface area contributed by atoms with Crippen LogP contribution in [0.2, 0.25) is 0 Å². The summed E-state index contributed by atoms with van der Waals surface area (Å²) in [5.41, 5.74) is 2.24. The molecule has 2 amide bonds. The van der Waals surface area contributed by atoms with E-state index in [1.54, 1.807) is 41.3 Å². The Labute approximate surface area is 194 Å². The van der Waals surface area contributed by atoms with Gasteiger partial charge in [-0.15, -0.1) is 0 Å². The largest absolute Gasteiger partial charge is 0.349 e. The highest BCUT2D eigenvalue weighted by Gasteiger charge is 2.36. The number of benzene rings is 2. The van der Waals surface area contributed by atoms with E-state index in [1.807, 2.05) is 0 Å². The summed E-state index contributed by atoms with van der Waals surface area (Å²) in [6, 6.07) is 11.7. The molecule has 1 heterocycles. The van der Waals surface area contributed by atoms with Crippen molar-refractivity contribution < 1.29 is 18.0 Å². The van der Waals surface area contributed by atoms with Crippen LogP contribution < -0.4 is 14.9 Å². The average molecular weight is 468 g/mol. The van der Waals surface area contributed by atoms with Crippen molar-refractivity contribution >= 4 is 33.2 Å². The lowest BCUT2D eigenvalue weighted by Gasteiger charge is -2.23. The van der Waals surface area contributed by atoms with Crippen LogP contribution in [-0.2, 0) is 21.2 Å². The minimum atomic E-state index is -3.90. The molecule has 33 heavy (non-hydrogen) atoms. The third-order valence-corrected chi connectivity index (χ3v) is 8.17. The predicted octanol–water partition coefficient (Wildman–Crippen LogP) is 3.85. The summed E-state index contributed by atoms with van der Waals surface area (Å²) in [4.78, 5) is 27.3. The van der Waals surface area contributed by atoms with Crippen LogP contribution in [0.5, 0.6) is 0 Å². The molecule has 2 N–H and O–H groups in total. The number of anilines is 2.